The Labute approximate surface area is 159 Å². The van der Waals surface area contributed by atoms with Gasteiger partial charge < -0.3 is 10.6 Å². The lowest BCUT2D eigenvalue weighted by Crippen LogP contribution is -2.30. The van der Waals surface area contributed by atoms with Crippen LogP contribution in [0.3, 0.4) is 0 Å². The minimum atomic E-state index is -0.472. The van der Waals surface area contributed by atoms with Gasteiger partial charge in [0.1, 0.15) is 17.2 Å². The zero-order valence-corrected chi connectivity index (χ0v) is 16.4. The van der Waals surface area contributed by atoms with E-state index in [4.69, 9.17) is 0 Å². The van der Waals surface area contributed by atoms with Gasteiger partial charge in [0.05, 0.1) is 22.6 Å². The lowest BCUT2D eigenvalue weighted by Gasteiger charge is -2.20. The zero-order valence-electron chi connectivity index (χ0n) is 14.8. The summed E-state index contributed by atoms with van der Waals surface area (Å²) < 4.78 is 2.62. The molecule has 1 saturated carbocycles. The summed E-state index contributed by atoms with van der Waals surface area (Å²) in [5, 5.41) is 19.7. The first-order valence-corrected chi connectivity index (χ1v) is 9.20. The SMILES string of the molecule is Cn1nc(C(C)(C)n2nccn2)cc1Nc1ncc(Br)c(NC2CC2)n1. The summed E-state index contributed by atoms with van der Waals surface area (Å²) in [6.07, 6.45) is 7.43. The smallest absolute Gasteiger partial charge is 0.230 e. The molecule has 4 rings (SSSR count). The van der Waals surface area contributed by atoms with Crippen molar-refractivity contribution in [1.29, 1.82) is 0 Å². The molecular formula is C16H20BrN9. The van der Waals surface area contributed by atoms with E-state index in [1.165, 1.54) is 12.8 Å². The molecule has 10 heteroatoms. The molecule has 136 valence electrons. The Hall–Kier alpha value is -2.49. The molecule has 1 aliphatic carbocycles. The van der Waals surface area contributed by atoms with Gasteiger partial charge in [-0.05, 0) is 42.6 Å². The molecular weight excluding hydrogens is 398 g/mol. The molecule has 0 atom stereocenters. The average Bonchev–Trinajstić information content (AvgIpc) is 3.09. The molecule has 0 amide bonds. The quantitative estimate of drug-likeness (QED) is 0.635. The van der Waals surface area contributed by atoms with Crippen LogP contribution in [-0.4, -0.2) is 40.8 Å². The number of halogens is 1. The normalized spacial score (nSPS) is 14.5. The van der Waals surface area contributed by atoms with Crippen molar-refractivity contribution < 1.29 is 0 Å². The van der Waals surface area contributed by atoms with E-state index in [1.54, 1.807) is 28.1 Å². The fraction of sp³-hybridized carbons (Fsp3) is 0.438. The third-order valence-electron chi connectivity index (χ3n) is 4.33. The van der Waals surface area contributed by atoms with Gasteiger partial charge in [-0.1, -0.05) is 0 Å². The molecule has 0 aliphatic heterocycles. The standard InChI is InChI=1S/C16H20BrN9/c1-16(2,26-19-6-7-20-26)12-8-13(25(3)24-12)22-15-18-9-11(17)14(23-15)21-10-4-5-10/h6-10H,4-5H2,1-3H3,(H2,18,21,22,23). The maximum atomic E-state index is 4.61. The van der Waals surface area contributed by atoms with Gasteiger partial charge in [0.15, 0.2) is 0 Å². The lowest BCUT2D eigenvalue weighted by molar-refractivity contribution is 0.332. The molecule has 9 nitrogen and oxygen atoms in total. The van der Waals surface area contributed by atoms with Crippen LogP contribution in [0.4, 0.5) is 17.6 Å². The van der Waals surface area contributed by atoms with Crippen LogP contribution in [0, 0.1) is 0 Å². The van der Waals surface area contributed by atoms with Gasteiger partial charge in [0.25, 0.3) is 0 Å². The lowest BCUT2D eigenvalue weighted by atomic mass is 10.0. The molecule has 0 spiro atoms. The van der Waals surface area contributed by atoms with E-state index in [2.05, 4.69) is 51.8 Å². The van der Waals surface area contributed by atoms with Crippen LogP contribution in [-0.2, 0) is 12.6 Å². The molecule has 3 aromatic rings. The molecule has 26 heavy (non-hydrogen) atoms. The molecule has 0 aromatic carbocycles. The minimum absolute atomic E-state index is 0.472. The maximum absolute atomic E-state index is 4.61. The van der Waals surface area contributed by atoms with Crippen LogP contribution >= 0.6 is 15.9 Å². The van der Waals surface area contributed by atoms with E-state index in [9.17, 15) is 0 Å². The highest BCUT2D eigenvalue weighted by molar-refractivity contribution is 9.10. The van der Waals surface area contributed by atoms with E-state index in [0.29, 0.717) is 12.0 Å². The first kappa shape index (κ1) is 17.0. The zero-order chi connectivity index (χ0) is 18.3. The highest BCUT2D eigenvalue weighted by atomic mass is 79.9. The topological polar surface area (TPSA) is 98.4 Å². The van der Waals surface area contributed by atoms with Gasteiger partial charge in [-0.25, -0.2) is 4.98 Å². The van der Waals surface area contributed by atoms with Crippen LogP contribution in [0.1, 0.15) is 32.4 Å². The van der Waals surface area contributed by atoms with E-state index < -0.39 is 5.54 Å². The van der Waals surface area contributed by atoms with Crippen molar-refractivity contribution in [3.05, 3.63) is 34.8 Å². The summed E-state index contributed by atoms with van der Waals surface area (Å²) in [5.74, 6) is 2.11. The van der Waals surface area contributed by atoms with Crippen molar-refractivity contribution >= 4 is 33.5 Å². The molecule has 0 saturated heterocycles. The number of aromatic nitrogens is 7. The summed E-state index contributed by atoms with van der Waals surface area (Å²) in [6, 6.07) is 2.47. The van der Waals surface area contributed by atoms with Gasteiger partial charge in [-0.2, -0.15) is 25.1 Å². The Bertz CT molecular complexity index is 912. The minimum Gasteiger partial charge on any atom is -0.366 e. The van der Waals surface area contributed by atoms with Crippen LogP contribution in [0.15, 0.2) is 29.1 Å². The maximum Gasteiger partial charge on any atom is 0.230 e. The molecule has 0 bridgehead atoms. The molecule has 3 aromatic heterocycles. The Kier molecular flexibility index (Phi) is 4.14. The second-order valence-electron chi connectivity index (χ2n) is 6.85. The molecule has 1 fully saturated rings. The van der Waals surface area contributed by atoms with Crippen molar-refractivity contribution in [2.45, 2.75) is 38.3 Å². The number of rotatable bonds is 6. The van der Waals surface area contributed by atoms with Crippen LogP contribution in [0.5, 0.6) is 0 Å². The second-order valence-corrected chi connectivity index (χ2v) is 7.70. The number of nitrogens with one attached hydrogen (secondary N) is 2. The highest BCUT2D eigenvalue weighted by Crippen LogP contribution is 2.29. The summed E-state index contributed by atoms with van der Waals surface area (Å²) >= 11 is 3.49. The monoisotopic (exact) mass is 417 g/mol. The van der Waals surface area contributed by atoms with Crippen molar-refractivity contribution in [2.75, 3.05) is 10.6 Å². The van der Waals surface area contributed by atoms with Gasteiger partial charge in [0.2, 0.25) is 5.95 Å². The second kappa shape index (κ2) is 6.35. The highest BCUT2D eigenvalue weighted by Gasteiger charge is 2.29. The molecule has 1 aliphatic rings. The first-order valence-electron chi connectivity index (χ1n) is 8.41. The van der Waals surface area contributed by atoms with Gasteiger partial charge in [-0.3, -0.25) is 4.68 Å². The summed E-state index contributed by atoms with van der Waals surface area (Å²) in [6.45, 7) is 4.04. The summed E-state index contributed by atoms with van der Waals surface area (Å²) in [4.78, 5) is 10.5. The molecule has 3 heterocycles. The van der Waals surface area contributed by atoms with Crippen LogP contribution < -0.4 is 10.6 Å². The average molecular weight is 418 g/mol. The third-order valence-corrected chi connectivity index (χ3v) is 4.91. The van der Waals surface area contributed by atoms with Crippen molar-refractivity contribution in [3.8, 4) is 0 Å². The van der Waals surface area contributed by atoms with Crippen LogP contribution in [0.25, 0.3) is 0 Å². The fourth-order valence-corrected chi connectivity index (χ4v) is 2.86. The van der Waals surface area contributed by atoms with E-state index in [0.717, 1.165) is 21.8 Å². The predicted octanol–water partition coefficient (Wildman–Crippen LogP) is 2.67. The largest absolute Gasteiger partial charge is 0.366 e. The number of nitrogens with zero attached hydrogens (tertiary/aromatic N) is 7. The van der Waals surface area contributed by atoms with E-state index in [-0.39, 0.29) is 0 Å². The van der Waals surface area contributed by atoms with Gasteiger partial charge in [-0.15, -0.1) is 0 Å². The Morgan fingerprint density at radius 3 is 2.65 bits per heavy atom. The first-order chi connectivity index (χ1) is 12.4. The Balaban J connectivity index is 1.58. The van der Waals surface area contributed by atoms with E-state index >= 15 is 0 Å². The van der Waals surface area contributed by atoms with E-state index in [1.807, 2.05) is 27.0 Å². The van der Waals surface area contributed by atoms with Gasteiger partial charge in [0, 0.05) is 25.4 Å². The predicted molar refractivity (Wildman–Crippen MR) is 101 cm³/mol. The Morgan fingerprint density at radius 1 is 1.23 bits per heavy atom. The van der Waals surface area contributed by atoms with Gasteiger partial charge >= 0.3 is 0 Å². The Morgan fingerprint density at radius 2 is 1.96 bits per heavy atom. The van der Waals surface area contributed by atoms with Crippen molar-refractivity contribution in [1.82, 2.24) is 34.7 Å². The molecule has 2 N–H and O–H groups in total. The molecule has 0 radical (unpaired) electrons. The van der Waals surface area contributed by atoms with Crippen molar-refractivity contribution in [2.24, 2.45) is 7.05 Å². The molecule has 0 unspecified atom stereocenters. The van der Waals surface area contributed by atoms with Crippen molar-refractivity contribution in [3.63, 3.8) is 0 Å². The number of hydrogen-bond acceptors (Lipinski definition) is 7. The summed E-state index contributed by atoms with van der Waals surface area (Å²) in [7, 11) is 1.88. The fourth-order valence-electron chi connectivity index (χ4n) is 2.55. The van der Waals surface area contributed by atoms with Crippen LogP contribution in [0.2, 0.25) is 0 Å². The number of anilines is 3. The summed E-state index contributed by atoms with van der Waals surface area (Å²) in [5.41, 5.74) is 0.368. The third kappa shape index (κ3) is 3.28. The number of aryl methyl sites for hydroxylation is 1. The number of hydrogen-bond donors (Lipinski definition) is 2.